The molecule has 1 unspecified atom stereocenters. The van der Waals surface area contributed by atoms with Crippen LogP contribution in [0.25, 0.3) is 10.2 Å². The third-order valence-electron chi connectivity index (χ3n) is 2.99. The second-order valence-electron chi connectivity index (χ2n) is 4.08. The molecule has 3 aromatic rings. The summed E-state index contributed by atoms with van der Waals surface area (Å²) in [6, 6.07) is 4.26. The molecule has 0 amide bonds. The lowest BCUT2D eigenvalue weighted by Crippen LogP contribution is -2.20. The lowest BCUT2D eigenvalue weighted by molar-refractivity contribution is 0.597. The van der Waals surface area contributed by atoms with Crippen molar-refractivity contribution in [2.75, 3.05) is 7.05 Å². The largest absolute Gasteiger partial charge is 0.308 e. The average Bonchev–Trinajstić information content (AvgIpc) is 2.99. The lowest BCUT2D eigenvalue weighted by Gasteiger charge is -2.15. The first-order valence-corrected chi connectivity index (χ1v) is 6.52. The van der Waals surface area contributed by atoms with E-state index in [0.29, 0.717) is 0 Å². The molecule has 0 bridgehead atoms. The van der Waals surface area contributed by atoms with Gasteiger partial charge in [0.05, 0.1) is 28.1 Å². The second kappa shape index (κ2) is 4.47. The van der Waals surface area contributed by atoms with E-state index >= 15 is 0 Å². The van der Waals surface area contributed by atoms with Gasteiger partial charge in [0.1, 0.15) is 0 Å². The maximum absolute atomic E-state index is 4.47. The van der Waals surface area contributed by atoms with Gasteiger partial charge in [0, 0.05) is 13.2 Å². The van der Waals surface area contributed by atoms with E-state index in [2.05, 4.69) is 32.1 Å². The predicted octanol–water partition coefficient (Wildman–Crippen LogP) is 1.73. The quantitative estimate of drug-likeness (QED) is 0.778. The molecule has 0 aromatic carbocycles. The van der Waals surface area contributed by atoms with Gasteiger partial charge in [-0.05, 0) is 30.1 Å². The van der Waals surface area contributed by atoms with Gasteiger partial charge >= 0.3 is 0 Å². The van der Waals surface area contributed by atoms with Crippen LogP contribution in [0.3, 0.4) is 0 Å². The summed E-state index contributed by atoms with van der Waals surface area (Å²) >= 11 is 1.70. The van der Waals surface area contributed by atoms with Crippen LogP contribution in [0.4, 0.5) is 0 Å². The minimum atomic E-state index is 0.0593. The summed E-state index contributed by atoms with van der Waals surface area (Å²) < 4.78 is 2.97. The van der Waals surface area contributed by atoms with Crippen molar-refractivity contribution in [2.24, 2.45) is 7.05 Å². The van der Waals surface area contributed by atoms with E-state index in [1.54, 1.807) is 22.2 Å². The number of hydrogen-bond donors (Lipinski definition) is 1. The molecule has 1 N–H and O–H groups in total. The molecule has 5 nitrogen and oxygen atoms in total. The number of rotatable bonds is 3. The highest BCUT2D eigenvalue weighted by atomic mass is 32.1. The molecule has 0 fully saturated rings. The minimum absolute atomic E-state index is 0.0593. The second-order valence-corrected chi connectivity index (χ2v) is 5.02. The summed E-state index contributed by atoms with van der Waals surface area (Å²) in [5, 5.41) is 13.2. The van der Waals surface area contributed by atoms with Crippen molar-refractivity contribution in [3.63, 3.8) is 0 Å². The molecule has 0 aliphatic heterocycles. The number of thiophene rings is 1. The van der Waals surface area contributed by atoms with Gasteiger partial charge in [0.25, 0.3) is 0 Å². The third-order valence-corrected chi connectivity index (χ3v) is 3.84. The molecule has 3 aromatic heterocycles. The smallest absolute Gasteiger partial charge is 0.0809 e. The fraction of sp³-hybridized carbons (Fsp3) is 0.250. The zero-order valence-corrected chi connectivity index (χ0v) is 11.0. The Kier molecular flexibility index (Phi) is 2.81. The van der Waals surface area contributed by atoms with E-state index in [0.717, 1.165) is 16.8 Å². The fourth-order valence-electron chi connectivity index (χ4n) is 2.06. The first-order valence-electron chi connectivity index (χ1n) is 5.64. The lowest BCUT2D eigenvalue weighted by atomic mass is 10.1. The molecule has 0 aliphatic carbocycles. The number of nitrogens with zero attached hydrogens (tertiary/aromatic N) is 4. The Morgan fingerprint density at radius 1 is 1.39 bits per heavy atom. The first-order chi connectivity index (χ1) is 8.79. The maximum Gasteiger partial charge on any atom is 0.0809 e. The van der Waals surface area contributed by atoms with Gasteiger partial charge in [-0.25, -0.2) is 0 Å². The Labute approximate surface area is 108 Å². The Hall–Kier alpha value is -1.79. The van der Waals surface area contributed by atoms with Crippen LogP contribution in [0.15, 0.2) is 29.9 Å². The normalized spacial score (nSPS) is 13.0. The van der Waals surface area contributed by atoms with E-state index in [1.807, 2.05) is 26.4 Å². The van der Waals surface area contributed by atoms with Crippen LogP contribution in [0.5, 0.6) is 0 Å². The molecule has 0 aliphatic rings. The van der Waals surface area contributed by atoms with E-state index in [9.17, 15) is 0 Å². The average molecular weight is 259 g/mol. The molecule has 3 rings (SSSR count). The topological polar surface area (TPSA) is 55.6 Å². The first kappa shape index (κ1) is 11.3. The van der Waals surface area contributed by atoms with Crippen LogP contribution in [0.1, 0.15) is 17.3 Å². The van der Waals surface area contributed by atoms with E-state index in [4.69, 9.17) is 0 Å². The Balaban J connectivity index is 2.08. The number of nitrogens with one attached hydrogen (secondary N) is 1. The summed E-state index contributed by atoms with van der Waals surface area (Å²) in [7, 11) is 3.82. The van der Waals surface area contributed by atoms with E-state index in [1.165, 1.54) is 4.70 Å². The van der Waals surface area contributed by atoms with Crippen molar-refractivity contribution in [3.05, 3.63) is 41.2 Å². The van der Waals surface area contributed by atoms with Crippen LogP contribution in [-0.4, -0.2) is 27.0 Å². The summed E-state index contributed by atoms with van der Waals surface area (Å²) in [6.07, 6.45) is 3.68. The van der Waals surface area contributed by atoms with Crippen molar-refractivity contribution < 1.29 is 0 Å². The molecular weight excluding hydrogens is 246 g/mol. The van der Waals surface area contributed by atoms with Crippen molar-refractivity contribution >= 4 is 21.6 Å². The SMILES string of the molecule is CNC(c1cnc2ccsc2c1)c1cnnn1C. The molecular formula is C12H13N5S. The Morgan fingerprint density at radius 3 is 3.00 bits per heavy atom. The predicted molar refractivity (Wildman–Crippen MR) is 71.5 cm³/mol. The number of fused-ring (bicyclic) bond motifs is 1. The standard InChI is InChI=1S/C12H13N5S/c1-13-12(10-7-15-16-17(10)2)8-5-11-9(14-6-8)3-4-18-11/h3-7,12-13H,1-2H3. The van der Waals surface area contributed by atoms with Crippen LogP contribution < -0.4 is 5.32 Å². The van der Waals surface area contributed by atoms with Crippen molar-refractivity contribution in [2.45, 2.75) is 6.04 Å². The molecule has 92 valence electrons. The Morgan fingerprint density at radius 2 is 2.28 bits per heavy atom. The van der Waals surface area contributed by atoms with Crippen LogP contribution in [-0.2, 0) is 7.05 Å². The molecule has 0 saturated carbocycles. The van der Waals surface area contributed by atoms with Crippen LogP contribution in [0, 0.1) is 0 Å². The van der Waals surface area contributed by atoms with Crippen LogP contribution >= 0.6 is 11.3 Å². The van der Waals surface area contributed by atoms with Gasteiger partial charge < -0.3 is 5.32 Å². The summed E-state index contributed by atoms with van der Waals surface area (Å²) in [5.74, 6) is 0. The van der Waals surface area contributed by atoms with Crippen molar-refractivity contribution in [1.82, 2.24) is 25.3 Å². The highest BCUT2D eigenvalue weighted by Crippen LogP contribution is 2.25. The number of pyridine rings is 1. The van der Waals surface area contributed by atoms with Crippen molar-refractivity contribution in [1.29, 1.82) is 0 Å². The third kappa shape index (κ3) is 1.79. The van der Waals surface area contributed by atoms with E-state index < -0.39 is 0 Å². The maximum atomic E-state index is 4.47. The highest BCUT2D eigenvalue weighted by molar-refractivity contribution is 7.17. The van der Waals surface area contributed by atoms with Gasteiger partial charge in [0.15, 0.2) is 0 Å². The summed E-state index contributed by atoms with van der Waals surface area (Å²) in [4.78, 5) is 4.47. The van der Waals surface area contributed by atoms with Gasteiger partial charge in [-0.3, -0.25) is 9.67 Å². The molecule has 1 atom stereocenters. The number of hydrogen-bond acceptors (Lipinski definition) is 5. The van der Waals surface area contributed by atoms with Gasteiger partial charge in [-0.2, -0.15) is 0 Å². The molecule has 3 heterocycles. The van der Waals surface area contributed by atoms with Crippen molar-refractivity contribution in [3.8, 4) is 0 Å². The monoisotopic (exact) mass is 259 g/mol. The zero-order chi connectivity index (χ0) is 12.5. The summed E-state index contributed by atoms with van der Waals surface area (Å²) in [6.45, 7) is 0. The van der Waals surface area contributed by atoms with Gasteiger partial charge in [-0.15, -0.1) is 16.4 Å². The fourth-order valence-corrected chi connectivity index (χ4v) is 2.85. The number of aryl methyl sites for hydroxylation is 1. The molecule has 18 heavy (non-hydrogen) atoms. The number of aromatic nitrogens is 4. The molecule has 0 saturated heterocycles. The molecule has 0 radical (unpaired) electrons. The molecule has 0 spiro atoms. The van der Waals surface area contributed by atoms with Gasteiger partial charge in [-0.1, -0.05) is 5.21 Å². The minimum Gasteiger partial charge on any atom is -0.308 e. The molecule has 6 heteroatoms. The Bertz CT molecular complexity index is 672. The van der Waals surface area contributed by atoms with Gasteiger partial charge in [0.2, 0.25) is 0 Å². The summed E-state index contributed by atoms with van der Waals surface area (Å²) in [5.41, 5.74) is 3.19. The zero-order valence-electron chi connectivity index (χ0n) is 10.2. The van der Waals surface area contributed by atoms with E-state index in [-0.39, 0.29) is 6.04 Å². The highest BCUT2D eigenvalue weighted by Gasteiger charge is 2.17. The van der Waals surface area contributed by atoms with Crippen LogP contribution in [0.2, 0.25) is 0 Å².